The number of nitrogens with one attached hydrogen (secondary N) is 1. The summed E-state index contributed by atoms with van der Waals surface area (Å²) < 4.78 is 0. The van der Waals surface area contributed by atoms with Gasteiger partial charge in [-0.25, -0.2) is 0 Å². The van der Waals surface area contributed by atoms with Crippen molar-refractivity contribution in [3.8, 4) is 0 Å². The molecule has 0 spiro atoms. The maximum atomic E-state index is 3.47. The predicted octanol–water partition coefficient (Wildman–Crippen LogP) is 2.37. The summed E-state index contributed by atoms with van der Waals surface area (Å²) in [5.41, 5.74) is 0. The van der Waals surface area contributed by atoms with E-state index in [9.17, 15) is 0 Å². The molecule has 0 aliphatic rings. The Morgan fingerprint density at radius 2 is 1.91 bits per heavy atom. The van der Waals surface area contributed by atoms with Crippen LogP contribution in [0.1, 0.15) is 27.2 Å². The van der Waals surface area contributed by atoms with Crippen LogP contribution in [0.5, 0.6) is 0 Å². The average molecular weight is 175 g/mol. The van der Waals surface area contributed by atoms with Crippen molar-refractivity contribution in [2.24, 2.45) is 5.92 Å². The van der Waals surface area contributed by atoms with Gasteiger partial charge < -0.3 is 5.32 Å². The molecule has 0 aliphatic carbocycles. The standard InChI is InChI=1S/C9H21NS/c1-5-8(2)6-10-7-9(3)11-4/h8-10H,5-7H2,1-4H3. The van der Waals surface area contributed by atoms with E-state index in [2.05, 4.69) is 32.3 Å². The van der Waals surface area contributed by atoms with Gasteiger partial charge in [-0.3, -0.25) is 0 Å². The molecule has 0 radical (unpaired) electrons. The Morgan fingerprint density at radius 1 is 1.27 bits per heavy atom. The second kappa shape index (κ2) is 6.99. The van der Waals surface area contributed by atoms with E-state index in [1.807, 2.05) is 11.8 Å². The molecule has 68 valence electrons. The van der Waals surface area contributed by atoms with E-state index in [1.165, 1.54) is 13.0 Å². The van der Waals surface area contributed by atoms with Crippen molar-refractivity contribution in [3.63, 3.8) is 0 Å². The topological polar surface area (TPSA) is 12.0 Å². The zero-order valence-corrected chi connectivity index (χ0v) is 9.00. The van der Waals surface area contributed by atoms with Crippen LogP contribution in [-0.4, -0.2) is 24.6 Å². The molecule has 11 heavy (non-hydrogen) atoms. The highest BCUT2D eigenvalue weighted by atomic mass is 32.2. The Kier molecular flexibility index (Phi) is 7.18. The molecule has 0 amide bonds. The molecule has 0 saturated carbocycles. The fraction of sp³-hybridized carbons (Fsp3) is 1.00. The molecule has 2 unspecified atom stereocenters. The summed E-state index contributed by atoms with van der Waals surface area (Å²) in [6.45, 7) is 9.10. The third-order valence-electron chi connectivity index (χ3n) is 2.02. The first-order valence-electron chi connectivity index (χ1n) is 4.44. The molecule has 0 fully saturated rings. The van der Waals surface area contributed by atoms with Crippen LogP contribution in [0.3, 0.4) is 0 Å². The molecule has 0 aromatic rings. The van der Waals surface area contributed by atoms with E-state index in [1.54, 1.807) is 0 Å². The minimum atomic E-state index is 0.749. The summed E-state index contributed by atoms with van der Waals surface area (Å²) in [6, 6.07) is 0. The minimum absolute atomic E-state index is 0.749. The third kappa shape index (κ3) is 6.70. The first-order valence-corrected chi connectivity index (χ1v) is 5.73. The van der Waals surface area contributed by atoms with Gasteiger partial charge in [0.15, 0.2) is 0 Å². The zero-order valence-electron chi connectivity index (χ0n) is 8.18. The second-order valence-electron chi connectivity index (χ2n) is 3.22. The first-order chi connectivity index (χ1) is 5.20. The van der Waals surface area contributed by atoms with E-state index >= 15 is 0 Å². The molecule has 1 nitrogen and oxygen atoms in total. The summed E-state index contributed by atoms with van der Waals surface area (Å²) in [7, 11) is 0. The van der Waals surface area contributed by atoms with E-state index in [4.69, 9.17) is 0 Å². The fourth-order valence-corrected chi connectivity index (χ4v) is 1.05. The summed E-state index contributed by atoms with van der Waals surface area (Å²) in [6.07, 6.45) is 3.44. The highest BCUT2D eigenvalue weighted by molar-refractivity contribution is 7.99. The monoisotopic (exact) mass is 175 g/mol. The lowest BCUT2D eigenvalue weighted by atomic mass is 10.1. The summed E-state index contributed by atoms with van der Waals surface area (Å²) in [4.78, 5) is 0. The Balaban J connectivity index is 3.13. The minimum Gasteiger partial charge on any atom is -0.315 e. The van der Waals surface area contributed by atoms with Crippen molar-refractivity contribution in [1.29, 1.82) is 0 Å². The van der Waals surface area contributed by atoms with Gasteiger partial charge in [0.1, 0.15) is 0 Å². The third-order valence-corrected chi connectivity index (χ3v) is 3.00. The zero-order chi connectivity index (χ0) is 8.69. The molecule has 0 rings (SSSR count). The lowest BCUT2D eigenvalue weighted by Gasteiger charge is -2.12. The van der Waals surface area contributed by atoms with E-state index in [0.717, 1.165) is 17.7 Å². The molecule has 0 saturated heterocycles. The molecule has 0 aromatic heterocycles. The lowest BCUT2D eigenvalue weighted by molar-refractivity contribution is 0.502. The van der Waals surface area contributed by atoms with Crippen molar-refractivity contribution in [1.82, 2.24) is 5.32 Å². The molecule has 0 aliphatic heterocycles. The number of rotatable bonds is 6. The van der Waals surface area contributed by atoms with Crippen LogP contribution < -0.4 is 5.32 Å². The lowest BCUT2D eigenvalue weighted by Crippen LogP contribution is -2.26. The Morgan fingerprint density at radius 3 is 2.36 bits per heavy atom. The predicted molar refractivity (Wildman–Crippen MR) is 55.3 cm³/mol. The van der Waals surface area contributed by atoms with Crippen LogP contribution in [0, 0.1) is 5.92 Å². The van der Waals surface area contributed by atoms with Crippen LogP contribution in [-0.2, 0) is 0 Å². The number of hydrogen-bond acceptors (Lipinski definition) is 2. The quantitative estimate of drug-likeness (QED) is 0.665. The normalized spacial score (nSPS) is 16.4. The highest BCUT2D eigenvalue weighted by Crippen LogP contribution is 2.03. The van der Waals surface area contributed by atoms with Gasteiger partial charge in [0.2, 0.25) is 0 Å². The Hall–Kier alpha value is 0.310. The molecular weight excluding hydrogens is 154 g/mol. The van der Waals surface area contributed by atoms with Gasteiger partial charge in [-0.2, -0.15) is 11.8 Å². The average Bonchev–Trinajstić information content (AvgIpc) is 2.04. The Bertz CT molecular complexity index is 75.6. The summed E-state index contributed by atoms with van der Waals surface area (Å²) in [5.74, 6) is 0.823. The van der Waals surface area contributed by atoms with Crippen LogP contribution in [0.15, 0.2) is 0 Å². The number of hydrogen-bond donors (Lipinski definition) is 1. The smallest absolute Gasteiger partial charge is 0.0141 e. The summed E-state index contributed by atoms with van der Waals surface area (Å²) >= 11 is 1.92. The van der Waals surface area contributed by atoms with E-state index in [0.29, 0.717) is 0 Å². The van der Waals surface area contributed by atoms with Crippen LogP contribution in [0.2, 0.25) is 0 Å². The molecule has 1 N–H and O–H groups in total. The van der Waals surface area contributed by atoms with Gasteiger partial charge in [0, 0.05) is 11.8 Å². The molecule has 2 atom stereocenters. The van der Waals surface area contributed by atoms with Gasteiger partial charge in [-0.1, -0.05) is 27.2 Å². The maximum absolute atomic E-state index is 3.47. The van der Waals surface area contributed by atoms with Crippen LogP contribution in [0.4, 0.5) is 0 Å². The van der Waals surface area contributed by atoms with Gasteiger partial charge in [0.25, 0.3) is 0 Å². The Labute approximate surface area is 75.3 Å². The summed E-state index contributed by atoms with van der Waals surface area (Å²) in [5, 5.41) is 4.22. The van der Waals surface area contributed by atoms with Gasteiger partial charge in [-0.05, 0) is 18.7 Å². The van der Waals surface area contributed by atoms with Crippen molar-refractivity contribution >= 4 is 11.8 Å². The second-order valence-corrected chi connectivity index (χ2v) is 4.49. The van der Waals surface area contributed by atoms with Crippen LogP contribution in [0.25, 0.3) is 0 Å². The highest BCUT2D eigenvalue weighted by Gasteiger charge is 2.00. The largest absolute Gasteiger partial charge is 0.315 e. The first kappa shape index (κ1) is 11.3. The van der Waals surface area contributed by atoms with Crippen LogP contribution >= 0.6 is 11.8 Å². The molecule has 0 heterocycles. The van der Waals surface area contributed by atoms with Gasteiger partial charge in [-0.15, -0.1) is 0 Å². The molecule has 0 aromatic carbocycles. The SMILES string of the molecule is CCC(C)CNCC(C)SC. The van der Waals surface area contributed by atoms with E-state index in [-0.39, 0.29) is 0 Å². The molecular formula is C9H21NS. The number of thioether (sulfide) groups is 1. The van der Waals surface area contributed by atoms with Crippen molar-refractivity contribution in [2.45, 2.75) is 32.4 Å². The van der Waals surface area contributed by atoms with Crippen molar-refractivity contribution in [3.05, 3.63) is 0 Å². The van der Waals surface area contributed by atoms with Gasteiger partial charge >= 0.3 is 0 Å². The molecule has 2 heteroatoms. The van der Waals surface area contributed by atoms with Crippen molar-refractivity contribution < 1.29 is 0 Å². The van der Waals surface area contributed by atoms with E-state index < -0.39 is 0 Å². The van der Waals surface area contributed by atoms with Crippen molar-refractivity contribution in [2.75, 3.05) is 19.3 Å². The molecule has 0 bridgehead atoms. The fourth-order valence-electron chi connectivity index (χ4n) is 0.761. The maximum Gasteiger partial charge on any atom is 0.0141 e. The van der Waals surface area contributed by atoms with Gasteiger partial charge in [0.05, 0.1) is 0 Å².